The van der Waals surface area contributed by atoms with Crippen LogP contribution >= 0.6 is 0 Å². The van der Waals surface area contributed by atoms with Crippen molar-refractivity contribution in [2.45, 2.75) is 70.9 Å². The van der Waals surface area contributed by atoms with E-state index in [0.717, 1.165) is 6.04 Å². The number of rotatable bonds is 10. The minimum absolute atomic E-state index is 0.640. The van der Waals surface area contributed by atoms with Gasteiger partial charge in [0.05, 0.1) is 0 Å². The fraction of sp³-hybridized carbons (Fsp3) is 0.667. The Hall–Kier alpha value is -1.02. The fourth-order valence-electron chi connectivity index (χ4n) is 2.79. The van der Waals surface area contributed by atoms with Crippen molar-refractivity contribution in [1.29, 1.82) is 0 Å². The maximum Gasteiger partial charge on any atom is 0.0368 e. The van der Waals surface area contributed by atoms with Crippen LogP contribution in [0.1, 0.15) is 63.9 Å². The van der Waals surface area contributed by atoms with Crippen molar-refractivity contribution < 1.29 is 0 Å². The molecule has 1 aromatic carbocycles. The Morgan fingerprint density at radius 3 is 2.25 bits per heavy atom. The zero-order valence-electron chi connectivity index (χ0n) is 13.0. The minimum Gasteiger partial charge on any atom is -0.369 e. The molecule has 1 aliphatic carbocycles. The highest BCUT2D eigenvalue weighted by Gasteiger charge is 2.28. The van der Waals surface area contributed by atoms with Gasteiger partial charge in [-0.15, -0.1) is 0 Å². The average molecular weight is 274 g/mol. The summed E-state index contributed by atoms with van der Waals surface area (Å²) in [5, 5.41) is 0. The zero-order chi connectivity index (χ0) is 14.2. The fourth-order valence-corrected chi connectivity index (χ4v) is 2.79. The third kappa shape index (κ3) is 4.82. The predicted molar refractivity (Wildman–Crippen MR) is 88.1 cm³/mol. The normalized spacial score (nSPS) is 14.5. The molecule has 0 bridgehead atoms. The van der Waals surface area contributed by atoms with Gasteiger partial charge in [-0.05, 0) is 37.0 Å². The van der Waals surface area contributed by atoms with Gasteiger partial charge in [0, 0.05) is 24.8 Å². The molecular weight excluding hydrogens is 244 g/mol. The summed E-state index contributed by atoms with van der Waals surface area (Å²) < 4.78 is 0. The lowest BCUT2D eigenvalue weighted by Gasteiger charge is -2.25. The maximum absolute atomic E-state index is 5.67. The summed E-state index contributed by atoms with van der Waals surface area (Å²) in [6, 6.07) is 9.64. The highest BCUT2D eigenvalue weighted by Crippen LogP contribution is 2.32. The Labute approximate surface area is 124 Å². The molecule has 1 aliphatic rings. The Balaban J connectivity index is 1.78. The second-order valence-corrected chi connectivity index (χ2v) is 6.06. The first-order chi connectivity index (χ1) is 9.85. The van der Waals surface area contributed by atoms with Crippen LogP contribution in [0.4, 0.5) is 5.69 Å². The molecule has 0 heterocycles. The molecule has 0 amide bonds. The number of benzene rings is 1. The first kappa shape index (κ1) is 15.4. The minimum atomic E-state index is 0.640. The van der Waals surface area contributed by atoms with E-state index < -0.39 is 0 Å². The molecule has 1 saturated carbocycles. The zero-order valence-corrected chi connectivity index (χ0v) is 13.0. The number of anilines is 1. The van der Waals surface area contributed by atoms with Crippen LogP contribution in [0.5, 0.6) is 0 Å². The monoisotopic (exact) mass is 274 g/mol. The quantitative estimate of drug-likeness (QED) is 0.638. The van der Waals surface area contributed by atoms with Gasteiger partial charge in [-0.1, -0.05) is 51.2 Å². The van der Waals surface area contributed by atoms with Crippen LogP contribution in [-0.4, -0.2) is 12.6 Å². The van der Waals surface area contributed by atoms with Crippen molar-refractivity contribution in [1.82, 2.24) is 0 Å². The molecule has 0 radical (unpaired) electrons. The smallest absolute Gasteiger partial charge is 0.0368 e. The summed E-state index contributed by atoms with van der Waals surface area (Å²) in [6.07, 6.45) is 11.0. The summed E-state index contributed by atoms with van der Waals surface area (Å²) in [5.41, 5.74) is 8.29. The Morgan fingerprint density at radius 2 is 1.65 bits per heavy atom. The van der Waals surface area contributed by atoms with Crippen LogP contribution in [0.15, 0.2) is 24.3 Å². The molecule has 0 saturated heterocycles. The highest BCUT2D eigenvalue weighted by molar-refractivity contribution is 5.49. The summed E-state index contributed by atoms with van der Waals surface area (Å²) >= 11 is 0. The number of nitrogens with zero attached hydrogens (tertiary/aromatic N) is 1. The van der Waals surface area contributed by atoms with Crippen LogP contribution in [0.25, 0.3) is 0 Å². The molecular formula is C18H30N2. The van der Waals surface area contributed by atoms with E-state index in [9.17, 15) is 0 Å². The molecule has 2 N–H and O–H groups in total. The van der Waals surface area contributed by atoms with E-state index in [-0.39, 0.29) is 0 Å². The lowest BCUT2D eigenvalue weighted by atomic mass is 10.1. The number of hydrogen-bond acceptors (Lipinski definition) is 2. The third-order valence-corrected chi connectivity index (χ3v) is 4.24. The molecule has 2 rings (SSSR count). The average Bonchev–Trinajstić information content (AvgIpc) is 3.31. The molecule has 1 fully saturated rings. The van der Waals surface area contributed by atoms with Crippen molar-refractivity contribution in [2.75, 3.05) is 11.4 Å². The van der Waals surface area contributed by atoms with Gasteiger partial charge < -0.3 is 10.6 Å². The standard InChI is InChI=1S/C18H30N2/c1-2-3-4-5-6-7-14-20(18-12-13-18)17-10-8-16(15-19)9-11-17/h8-11,18H,2-7,12-15,19H2,1H3. The summed E-state index contributed by atoms with van der Waals surface area (Å²) in [6.45, 7) is 4.14. The van der Waals surface area contributed by atoms with Gasteiger partial charge in [-0.25, -0.2) is 0 Å². The van der Waals surface area contributed by atoms with E-state index in [1.165, 1.54) is 69.2 Å². The van der Waals surface area contributed by atoms with E-state index in [2.05, 4.69) is 36.1 Å². The van der Waals surface area contributed by atoms with Crippen molar-refractivity contribution in [3.05, 3.63) is 29.8 Å². The first-order valence-corrected chi connectivity index (χ1v) is 8.40. The summed E-state index contributed by atoms with van der Waals surface area (Å²) in [5.74, 6) is 0. The highest BCUT2D eigenvalue weighted by atomic mass is 15.2. The van der Waals surface area contributed by atoms with Crippen LogP contribution in [0.2, 0.25) is 0 Å². The van der Waals surface area contributed by atoms with Crippen molar-refractivity contribution in [3.63, 3.8) is 0 Å². The molecule has 0 spiro atoms. The lowest BCUT2D eigenvalue weighted by molar-refractivity contribution is 0.597. The van der Waals surface area contributed by atoms with Crippen molar-refractivity contribution in [3.8, 4) is 0 Å². The summed E-state index contributed by atoms with van der Waals surface area (Å²) in [4.78, 5) is 2.61. The van der Waals surface area contributed by atoms with Crippen LogP contribution in [-0.2, 0) is 6.54 Å². The first-order valence-electron chi connectivity index (χ1n) is 8.40. The van der Waals surface area contributed by atoms with Gasteiger partial charge in [-0.2, -0.15) is 0 Å². The SMILES string of the molecule is CCCCCCCCN(c1ccc(CN)cc1)C1CC1. The molecule has 0 unspecified atom stereocenters. The van der Waals surface area contributed by atoms with Crippen LogP contribution < -0.4 is 10.6 Å². The van der Waals surface area contributed by atoms with Gasteiger partial charge in [0.2, 0.25) is 0 Å². The third-order valence-electron chi connectivity index (χ3n) is 4.24. The van der Waals surface area contributed by atoms with E-state index in [0.29, 0.717) is 6.54 Å². The van der Waals surface area contributed by atoms with E-state index >= 15 is 0 Å². The van der Waals surface area contributed by atoms with E-state index in [1.807, 2.05) is 0 Å². The van der Waals surface area contributed by atoms with Crippen LogP contribution in [0.3, 0.4) is 0 Å². The number of nitrogens with two attached hydrogens (primary N) is 1. The lowest BCUT2D eigenvalue weighted by Crippen LogP contribution is -2.26. The second kappa shape index (κ2) is 8.31. The molecule has 20 heavy (non-hydrogen) atoms. The topological polar surface area (TPSA) is 29.3 Å². The van der Waals surface area contributed by atoms with E-state index in [1.54, 1.807) is 0 Å². The van der Waals surface area contributed by atoms with Crippen molar-refractivity contribution in [2.24, 2.45) is 5.73 Å². The molecule has 2 nitrogen and oxygen atoms in total. The molecule has 1 aromatic rings. The Bertz CT molecular complexity index is 368. The largest absolute Gasteiger partial charge is 0.369 e. The van der Waals surface area contributed by atoms with Gasteiger partial charge in [0.25, 0.3) is 0 Å². The van der Waals surface area contributed by atoms with E-state index in [4.69, 9.17) is 5.73 Å². The Morgan fingerprint density at radius 1 is 1.00 bits per heavy atom. The van der Waals surface area contributed by atoms with Gasteiger partial charge in [-0.3, -0.25) is 0 Å². The summed E-state index contributed by atoms with van der Waals surface area (Å²) in [7, 11) is 0. The Kier molecular flexibility index (Phi) is 6.38. The second-order valence-electron chi connectivity index (χ2n) is 6.06. The van der Waals surface area contributed by atoms with Gasteiger partial charge in [0.1, 0.15) is 0 Å². The molecule has 0 aliphatic heterocycles. The van der Waals surface area contributed by atoms with Crippen molar-refractivity contribution >= 4 is 5.69 Å². The predicted octanol–water partition coefficient (Wildman–Crippen LogP) is 4.47. The van der Waals surface area contributed by atoms with Crippen LogP contribution in [0, 0.1) is 0 Å². The van der Waals surface area contributed by atoms with Gasteiger partial charge in [0.15, 0.2) is 0 Å². The molecule has 0 atom stereocenters. The number of hydrogen-bond donors (Lipinski definition) is 1. The molecule has 2 heteroatoms. The van der Waals surface area contributed by atoms with Gasteiger partial charge >= 0.3 is 0 Å². The molecule has 112 valence electrons. The number of unbranched alkanes of at least 4 members (excludes halogenated alkanes) is 5. The maximum atomic E-state index is 5.67. The molecule has 0 aromatic heterocycles.